The van der Waals surface area contributed by atoms with Gasteiger partial charge in [0.1, 0.15) is 6.10 Å². The third kappa shape index (κ3) is 2.56. The number of benzene rings is 2. The molecule has 22 heavy (non-hydrogen) atoms. The Balaban J connectivity index is 1.58. The van der Waals surface area contributed by atoms with Crippen molar-refractivity contribution >= 4 is 28.6 Å². The highest BCUT2D eigenvalue weighted by Crippen LogP contribution is 2.26. The highest BCUT2D eigenvalue weighted by Gasteiger charge is 2.24. The fraction of sp³-hybridized carbons (Fsp3) is 0.235. The van der Waals surface area contributed by atoms with E-state index in [1.165, 1.54) is 0 Å². The van der Waals surface area contributed by atoms with Crippen LogP contribution in [0.2, 0.25) is 5.02 Å². The van der Waals surface area contributed by atoms with Gasteiger partial charge in [0, 0.05) is 11.6 Å². The van der Waals surface area contributed by atoms with Crippen LogP contribution in [-0.4, -0.2) is 29.7 Å². The van der Waals surface area contributed by atoms with E-state index in [1.54, 1.807) is 0 Å². The molecule has 1 fully saturated rings. The molecule has 0 radical (unpaired) electrons. The first-order valence-corrected chi connectivity index (χ1v) is 7.74. The van der Waals surface area contributed by atoms with Crippen LogP contribution in [0.25, 0.3) is 11.0 Å². The molecule has 4 rings (SSSR count). The molecule has 4 nitrogen and oxygen atoms in total. The molecule has 0 spiro atoms. The van der Waals surface area contributed by atoms with Gasteiger partial charge < -0.3 is 14.6 Å². The van der Waals surface area contributed by atoms with Gasteiger partial charge in [0.15, 0.2) is 0 Å². The van der Waals surface area contributed by atoms with Gasteiger partial charge in [0.25, 0.3) is 0 Å². The Hall–Kier alpha value is -2.04. The Morgan fingerprint density at radius 3 is 2.77 bits per heavy atom. The molecule has 2 aromatic carbocycles. The van der Waals surface area contributed by atoms with Crippen LogP contribution in [0.1, 0.15) is 11.7 Å². The molecule has 1 N–H and O–H groups in total. The Morgan fingerprint density at radius 1 is 1.14 bits per heavy atom. The lowest BCUT2D eigenvalue weighted by Crippen LogP contribution is -2.39. The molecular weight excluding hydrogens is 298 g/mol. The van der Waals surface area contributed by atoms with E-state index in [1.807, 2.05) is 48.5 Å². The van der Waals surface area contributed by atoms with E-state index >= 15 is 0 Å². The van der Waals surface area contributed by atoms with E-state index in [0.717, 1.165) is 40.7 Å². The largest absolute Gasteiger partial charge is 0.370 e. The van der Waals surface area contributed by atoms with Crippen LogP contribution in [-0.2, 0) is 4.74 Å². The van der Waals surface area contributed by atoms with Gasteiger partial charge in [-0.05, 0) is 29.8 Å². The fourth-order valence-corrected chi connectivity index (χ4v) is 2.94. The first-order valence-electron chi connectivity index (χ1n) is 7.36. The number of para-hydroxylation sites is 2. The maximum absolute atomic E-state index is 5.95. The standard InChI is InChI=1S/C17H16ClN3O/c18-13-7-5-12(6-8-13)16-11-21(9-10-22-16)17-19-14-3-1-2-4-15(14)20-17/h1-8,16H,9-11H2,(H,19,20)/t16-/m1/s1. The number of hydrogen-bond acceptors (Lipinski definition) is 3. The molecule has 3 aromatic rings. The lowest BCUT2D eigenvalue weighted by molar-refractivity contribution is 0.0393. The monoisotopic (exact) mass is 313 g/mol. The van der Waals surface area contributed by atoms with Crippen molar-refractivity contribution in [3.05, 3.63) is 59.1 Å². The number of fused-ring (bicyclic) bond motifs is 1. The lowest BCUT2D eigenvalue weighted by Gasteiger charge is -2.33. The Bertz CT molecular complexity index is 751. The summed E-state index contributed by atoms with van der Waals surface area (Å²) >= 11 is 5.95. The maximum atomic E-state index is 5.95. The number of nitrogens with zero attached hydrogens (tertiary/aromatic N) is 2. The minimum Gasteiger partial charge on any atom is -0.370 e. The minimum absolute atomic E-state index is 0.0410. The van der Waals surface area contributed by atoms with Crippen molar-refractivity contribution in [2.24, 2.45) is 0 Å². The van der Waals surface area contributed by atoms with Crippen LogP contribution in [0.3, 0.4) is 0 Å². The number of morpholine rings is 1. The first-order chi connectivity index (χ1) is 10.8. The zero-order valence-electron chi connectivity index (χ0n) is 12.0. The molecule has 1 saturated heterocycles. The SMILES string of the molecule is Clc1ccc([C@H]2CN(c3nc4ccccc4[nH]3)CCO2)cc1. The number of ether oxygens (including phenoxy) is 1. The summed E-state index contributed by atoms with van der Waals surface area (Å²) in [4.78, 5) is 10.3. The number of aromatic amines is 1. The summed E-state index contributed by atoms with van der Waals surface area (Å²) in [7, 11) is 0. The lowest BCUT2D eigenvalue weighted by atomic mass is 10.1. The smallest absolute Gasteiger partial charge is 0.204 e. The molecule has 5 heteroatoms. The summed E-state index contributed by atoms with van der Waals surface area (Å²) in [5.41, 5.74) is 3.20. The van der Waals surface area contributed by atoms with Gasteiger partial charge in [-0.25, -0.2) is 4.98 Å². The minimum atomic E-state index is 0.0410. The number of hydrogen-bond donors (Lipinski definition) is 1. The Labute approximate surface area is 133 Å². The zero-order chi connectivity index (χ0) is 14.9. The predicted octanol–water partition coefficient (Wildman–Crippen LogP) is 3.79. The van der Waals surface area contributed by atoms with Gasteiger partial charge in [0.05, 0.1) is 24.2 Å². The van der Waals surface area contributed by atoms with Gasteiger partial charge in [-0.15, -0.1) is 0 Å². The second-order valence-corrected chi connectivity index (χ2v) is 5.87. The van der Waals surface area contributed by atoms with E-state index < -0.39 is 0 Å². The number of aromatic nitrogens is 2. The summed E-state index contributed by atoms with van der Waals surface area (Å²) in [5.74, 6) is 0.906. The molecule has 0 aliphatic carbocycles. The topological polar surface area (TPSA) is 41.2 Å². The van der Waals surface area contributed by atoms with E-state index in [2.05, 4.69) is 14.9 Å². The summed E-state index contributed by atoms with van der Waals surface area (Å²) in [6, 6.07) is 15.9. The first kappa shape index (κ1) is 13.6. The summed E-state index contributed by atoms with van der Waals surface area (Å²) in [5, 5.41) is 0.744. The van der Waals surface area contributed by atoms with Gasteiger partial charge in [-0.1, -0.05) is 35.9 Å². The second kappa shape index (κ2) is 5.63. The third-order valence-corrected chi connectivity index (χ3v) is 4.24. The average molecular weight is 314 g/mol. The van der Waals surface area contributed by atoms with Crippen molar-refractivity contribution in [1.29, 1.82) is 0 Å². The van der Waals surface area contributed by atoms with Crippen LogP contribution in [0.5, 0.6) is 0 Å². The Morgan fingerprint density at radius 2 is 1.95 bits per heavy atom. The molecule has 1 aliphatic rings. The fourth-order valence-electron chi connectivity index (χ4n) is 2.81. The highest BCUT2D eigenvalue weighted by molar-refractivity contribution is 6.30. The normalized spacial score (nSPS) is 18.8. The molecule has 1 atom stereocenters. The second-order valence-electron chi connectivity index (χ2n) is 5.43. The summed E-state index contributed by atoms with van der Waals surface area (Å²) < 4.78 is 5.90. The molecule has 0 bridgehead atoms. The molecule has 1 aromatic heterocycles. The number of halogens is 1. The summed E-state index contributed by atoms with van der Waals surface area (Å²) in [6.45, 7) is 2.30. The Kier molecular flexibility index (Phi) is 3.48. The molecule has 0 unspecified atom stereocenters. The van der Waals surface area contributed by atoms with Crippen molar-refractivity contribution < 1.29 is 4.74 Å². The number of nitrogens with one attached hydrogen (secondary N) is 1. The van der Waals surface area contributed by atoms with E-state index in [9.17, 15) is 0 Å². The molecule has 112 valence electrons. The maximum Gasteiger partial charge on any atom is 0.204 e. The number of H-pyrrole nitrogens is 1. The number of anilines is 1. The van der Waals surface area contributed by atoms with Gasteiger partial charge in [0.2, 0.25) is 5.95 Å². The summed E-state index contributed by atoms with van der Waals surface area (Å²) in [6.07, 6.45) is 0.0410. The van der Waals surface area contributed by atoms with Crippen molar-refractivity contribution in [3.63, 3.8) is 0 Å². The van der Waals surface area contributed by atoms with Crippen LogP contribution in [0, 0.1) is 0 Å². The predicted molar refractivity (Wildman–Crippen MR) is 88.5 cm³/mol. The van der Waals surface area contributed by atoms with Crippen LogP contribution >= 0.6 is 11.6 Å². The van der Waals surface area contributed by atoms with Crippen molar-refractivity contribution in [2.45, 2.75) is 6.10 Å². The van der Waals surface area contributed by atoms with Gasteiger partial charge in [-0.3, -0.25) is 0 Å². The van der Waals surface area contributed by atoms with E-state index in [-0.39, 0.29) is 6.10 Å². The highest BCUT2D eigenvalue weighted by atomic mass is 35.5. The quantitative estimate of drug-likeness (QED) is 0.782. The van der Waals surface area contributed by atoms with E-state index in [4.69, 9.17) is 16.3 Å². The van der Waals surface area contributed by atoms with E-state index in [0.29, 0.717) is 6.61 Å². The molecular formula is C17H16ClN3O. The molecule has 0 saturated carbocycles. The molecule has 1 aliphatic heterocycles. The van der Waals surface area contributed by atoms with Crippen LogP contribution in [0.15, 0.2) is 48.5 Å². The third-order valence-electron chi connectivity index (χ3n) is 3.98. The van der Waals surface area contributed by atoms with Crippen molar-refractivity contribution in [2.75, 3.05) is 24.6 Å². The van der Waals surface area contributed by atoms with Crippen LogP contribution < -0.4 is 4.90 Å². The molecule has 2 heterocycles. The zero-order valence-corrected chi connectivity index (χ0v) is 12.8. The average Bonchev–Trinajstić information content (AvgIpc) is 3.00. The number of imidazole rings is 1. The number of rotatable bonds is 2. The van der Waals surface area contributed by atoms with Crippen molar-refractivity contribution in [1.82, 2.24) is 9.97 Å². The van der Waals surface area contributed by atoms with Gasteiger partial charge in [-0.2, -0.15) is 0 Å². The van der Waals surface area contributed by atoms with Gasteiger partial charge >= 0.3 is 0 Å². The van der Waals surface area contributed by atoms with Crippen LogP contribution in [0.4, 0.5) is 5.95 Å². The molecule has 0 amide bonds. The van der Waals surface area contributed by atoms with Crippen molar-refractivity contribution in [3.8, 4) is 0 Å².